The molecule has 3 nitrogen and oxygen atoms in total. The van der Waals surface area contributed by atoms with Crippen LogP contribution in [0, 0.1) is 0 Å². The lowest BCUT2D eigenvalue weighted by Gasteiger charge is -2.22. The minimum atomic E-state index is -0.186. The lowest BCUT2D eigenvalue weighted by atomic mass is 10.0. The highest BCUT2D eigenvalue weighted by Crippen LogP contribution is 2.21. The van der Waals surface area contributed by atoms with E-state index in [1.807, 2.05) is 26.0 Å². The number of halogens is 1. The minimum Gasteiger partial charge on any atom is -0.355 e. The van der Waals surface area contributed by atoms with Gasteiger partial charge in [-0.1, -0.05) is 35.0 Å². The lowest BCUT2D eigenvalue weighted by Crippen LogP contribution is -2.43. The van der Waals surface area contributed by atoms with E-state index < -0.39 is 0 Å². The summed E-state index contributed by atoms with van der Waals surface area (Å²) in [7, 11) is 0. The topological polar surface area (TPSA) is 41.1 Å². The van der Waals surface area contributed by atoms with E-state index in [1.165, 1.54) is 5.56 Å². The Morgan fingerprint density at radius 2 is 2.11 bits per heavy atom. The van der Waals surface area contributed by atoms with E-state index in [2.05, 4.69) is 45.6 Å². The Hall–Kier alpha value is -0.870. The van der Waals surface area contributed by atoms with E-state index in [0.29, 0.717) is 6.54 Å². The zero-order valence-corrected chi connectivity index (χ0v) is 12.8. The summed E-state index contributed by atoms with van der Waals surface area (Å²) < 4.78 is 1.06. The third-order valence-electron chi connectivity index (χ3n) is 2.85. The van der Waals surface area contributed by atoms with Crippen LogP contribution in [0.1, 0.15) is 38.8 Å². The molecule has 0 aliphatic heterocycles. The number of nitrogens with one attached hydrogen (secondary N) is 2. The molecule has 0 aliphatic rings. The van der Waals surface area contributed by atoms with Crippen molar-refractivity contribution in [1.82, 2.24) is 10.6 Å². The second-order valence-corrected chi connectivity index (χ2v) is 5.21. The van der Waals surface area contributed by atoms with Gasteiger partial charge in [-0.2, -0.15) is 0 Å². The van der Waals surface area contributed by atoms with Crippen LogP contribution in [0.2, 0.25) is 0 Å². The Morgan fingerprint density at radius 1 is 1.39 bits per heavy atom. The van der Waals surface area contributed by atoms with Gasteiger partial charge in [-0.15, -0.1) is 0 Å². The van der Waals surface area contributed by atoms with Crippen molar-refractivity contribution in [3.05, 3.63) is 34.3 Å². The van der Waals surface area contributed by atoms with Gasteiger partial charge < -0.3 is 5.32 Å². The van der Waals surface area contributed by atoms with E-state index in [-0.39, 0.29) is 18.0 Å². The fourth-order valence-electron chi connectivity index (χ4n) is 1.88. The summed E-state index contributed by atoms with van der Waals surface area (Å²) in [6.45, 7) is 6.60. The fourth-order valence-corrected chi connectivity index (χ4v) is 2.29. The third-order valence-corrected chi connectivity index (χ3v) is 3.35. The van der Waals surface area contributed by atoms with Crippen LogP contribution in [0.4, 0.5) is 0 Å². The number of carbonyl (C=O) groups excluding carboxylic acids is 1. The van der Waals surface area contributed by atoms with Crippen molar-refractivity contribution >= 4 is 21.8 Å². The van der Waals surface area contributed by atoms with Crippen LogP contribution >= 0.6 is 15.9 Å². The van der Waals surface area contributed by atoms with Crippen LogP contribution in [0.15, 0.2) is 28.7 Å². The van der Waals surface area contributed by atoms with Gasteiger partial charge in [-0.3, -0.25) is 10.1 Å². The molecule has 0 saturated heterocycles. The van der Waals surface area contributed by atoms with E-state index >= 15 is 0 Å². The number of likely N-dealkylation sites (N-methyl/N-ethyl adjacent to an activating group) is 1. The first-order chi connectivity index (χ1) is 8.58. The predicted octanol–water partition coefficient (Wildman–Crippen LogP) is 3.01. The average Bonchev–Trinajstić information content (AvgIpc) is 2.35. The molecule has 1 amide bonds. The van der Waals surface area contributed by atoms with Crippen molar-refractivity contribution in [2.45, 2.75) is 39.3 Å². The van der Waals surface area contributed by atoms with Gasteiger partial charge in [0.05, 0.1) is 6.04 Å². The molecule has 0 fully saturated rings. The molecular weight excluding hydrogens is 292 g/mol. The third kappa shape index (κ3) is 4.42. The molecule has 0 aliphatic carbocycles. The van der Waals surface area contributed by atoms with Gasteiger partial charge in [-0.05, 0) is 38.0 Å². The first kappa shape index (κ1) is 15.2. The normalized spacial score (nSPS) is 14.0. The summed E-state index contributed by atoms with van der Waals surface area (Å²) in [6, 6.07) is 8.19. The number of amides is 1. The van der Waals surface area contributed by atoms with E-state index in [4.69, 9.17) is 0 Å². The summed E-state index contributed by atoms with van der Waals surface area (Å²) in [5, 5.41) is 6.19. The van der Waals surface area contributed by atoms with Crippen LogP contribution < -0.4 is 10.6 Å². The average molecular weight is 313 g/mol. The molecule has 0 aromatic heterocycles. The van der Waals surface area contributed by atoms with Crippen molar-refractivity contribution in [1.29, 1.82) is 0 Å². The molecule has 4 heteroatoms. The number of benzene rings is 1. The summed E-state index contributed by atoms with van der Waals surface area (Å²) in [6.07, 6.45) is 0.945. The molecule has 18 heavy (non-hydrogen) atoms. The molecular formula is C14H21BrN2O. The van der Waals surface area contributed by atoms with Gasteiger partial charge >= 0.3 is 0 Å². The molecule has 2 unspecified atom stereocenters. The number of rotatable bonds is 6. The van der Waals surface area contributed by atoms with Crippen molar-refractivity contribution in [3.8, 4) is 0 Å². The van der Waals surface area contributed by atoms with Gasteiger partial charge in [0.25, 0.3) is 0 Å². The minimum absolute atomic E-state index is 0.0472. The number of hydrogen-bond acceptors (Lipinski definition) is 2. The van der Waals surface area contributed by atoms with Gasteiger partial charge in [-0.25, -0.2) is 0 Å². The second kappa shape index (κ2) is 7.54. The van der Waals surface area contributed by atoms with E-state index in [9.17, 15) is 4.79 Å². The van der Waals surface area contributed by atoms with Gasteiger partial charge in [0.15, 0.2) is 0 Å². The van der Waals surface area contributed by atoms with Gasteiger partial charge in [0.1, 0.15) is 0 Å². The molecule has 100 valence electrons. The molecule has 1 rings (SSSR count). The van der Waals surface area contributed by atoms with Crippen LogP contribution in [0.5, 0.6) is 0 Å². The Kier molecular flexibility index (Phi) is 6.36. The molecule has 0 bridgehead atoms. The van der Waals surface area contributed by atoms with Crippen LogP contribution in [0.25, 0.3) is 0 Å². The second-order valence-electron chi connectivity index (χ2n) is 4.30. The van der Waals surface area contributed by atoms with Crippen molar-refractivity contribution in [3.63, 3.8) is 0 Å². The summed E-state index contributed by atoms with van der Waals surface area (Å²) >= 11 is 3.47. The van der Waals surface area contributed by atoms with Crippen LogP contribution in [0.3, 0.4) is 0 Å². The fraction of sp³-hybridized carbons (Fsp3) is 0.500. The van der Waals surface area contributed by atoms with Crippen molar-refractivity contribution < 1.29 is 4.79 Å². The molecule has 0 saturated carbocycles. The van der Waals surface area contributed by atoms with Crippen molar-refractivity contribution in [2.75, 3.05) is 6.54 Å². The maximum Gasteiger partial charge on any atom is 0.236 e. The Labute approximate surface area is 117 Å². The largest absolute Gasteiger partial charge is 0.355 e. The SMILES string of the molecule is CCNC(=O)C(C)NC(CC)c1cccc(Br)c1. The first-order valence-corrected chi connectivity index (χ1v) is 7.17. The Morgan fingerprint density at radius 3 is 2.67 bits per heavy atom. The zero-order chi connectivity index (χ0) is 13.5. The van der Waals surface area contributed by atoms with Crippen molar-refractivity contribution in [2.24, 2.45) is 0 Å². The zero-order valence-electron chi connectivity index (χ0n) is 11.2. The van der Waals surface area contributed by atoms with Gasteiger partial charge in [0, 0.05) is 17.1 Å². The molecule has 0 spiro atoms. The Balaban J connectivity index is 2.70. The quantitative estimate of drug-likeness (QED) is 0.847. The smallest absolute Gasteiger partial charge is 0.236 e. The van der Waals surface area contributed by atoms with Crippen LogP contribution in [-0.2, 0) is 4.79 Å². The molecule has 2 N–H and O–H groups in total. The monoisotopic (exact) mass is 312 g/mol. The summed E-state index contributed by atoms with van der Waals surface area (Å²) in [5.74, 6) is 0.0472. The van der Waals surface area contributed by atoms with E-state index in [1.54, 1.807) is 0 Å². The maximum absolute atomic E-state index is 11.7. The lowest BCUT2D eigenvalue weighted by molar-refractivity contribution is -0.122. The highest BCUT2D eigenvalue weighted by molar-refractivity contribution is 9.10. The highest BCUT2D eigenvalue weighted by Gasteiger charge is 2.17. The molecule has 1 aromatic rings. The standard InChI is InChI=1S/C14H21BrN2O/c1-4-13(11-7-6-8-12(15)9-11)17-10(3)14(18)16-5-2/h6-10,13,17H,4-5H2,1-3H3,(H,16,18). The first-order valence-electron chi connectivity index (χ1n) is 6.37. The maximum atomic E-state index is 11.7. The van der Waals surface area contributed by atoms with Crippen LogP contribution in [-0.4, -0.2) is 18.5 Å². The number of carbonyl (C=O) groups is 1. The highest BCUT2D eigenvalue weighted by atomic mass is 79.9. The van der Waals surface area contributed by atoms with Gasteiger partial charge in [0.2, 0.25) is 5.91 Å². The molecule has 2 atom stereocenters. The molecule has 0 radical (unpaired) electrons. The number of hydrogen-bond donors (Lipinski definition) is 2. The van der Waals surface area contributed by atoms with E-state index in [0.717, 1.165) is 10.9 Å². The molecule has 0 heterocycles. The summed E-state index contributed by atoms with van der Waals surface area (Å²) in [4.78, 5) is 11.7. The predicted molar refractivity (Wildman–Crippen MR) is 78.5 cm³/mol. The molecule has 1 aromatic carbocycles. The summed E-state index contributed by atoms with van der Waals surface area (Å²) in [5.41, 5.74) is 1.20. The Bertz CT molecular complexity index is 395.